The van der Waals surface area contributed by atoms with Gasteiger partial charge < -0.3 is 17.8 Å². The predicted molar refractivity (Wildman–Crippen MR) is 96.0 cm³/mol. The Morgan fingerprint density at radius 3 is 1.64 bits per heavy atom. The topological polar surface area (TPSA) is 27.7 Å². The maximum atomic E-state index is 5.93. The first-order valence-electron chi connectivity index (χ1n) is 9.19. The molecule has 0 saturated heterocycles. The van der Waals surface area contributed by atoms with E-state index in [1.54, 1.807) is 0 Å². The van der Waals surface area contributed by atoms with Crippen LogP contribution in [0.5, 0.6) is 0 Å². The van der Waals surface area contributed by atoms with Gasteiger partial charge in [-0.15, -0.1) is 0 Å². The van der Waals surface area contributed by atoms with Crippen molar-refractivity contribution in [2.24, 2.45) is 0 Å². The van der Waals surface area contributed by atoms with Gasteiger partial charge in [-0.2, -0.15) is 0 Å². The molecule has 0 radical (unpaired) electrons. The van der Waals surface area contributed by atoms with Crippen molar-refractivity contribution < 1.29 is 17.8 Å². The smallest absolute Gasteiger partial charge is 0.374 e. The molecule has 0 aromatic heterocycles. The molecular weight excluding hydrogens is 294 g/mol. The van der Waals surface area contributed by atoms with Crippen LogP contribution in [0.1, 0.15) is 59.8 Å². The van der Waals surface area contributed by atoms with Crippen LogP contribution in [0, 0.1) is 0 Å². The molecular formula is C17H40NO3Si+. The molecule has 4 nitrogen and oxygen atoms in total. The lowest BCUT2D eigenvalue weighted by Crippen LogP contribution is -2.48. The van der Waals surface area contributed by atoms with Crippen molar-refractivity contribution >= 4 is 8.80 Å². The summed E-state index contributed by atoms with van der Waals surface area (Å²) >= 11 is 0. The normalized spacial score (nSPS) is 12.8. The quantitative estimate of drug-likeness (QED) is 0.256. The van der Waals surface area contributed by atoms with Crippen molar-refractivity contribution in [2.75, 3.05) is 47.0 Å². The Kier molecular flexibility index (Phi) is 12.5. The Bertz CT molecular complexity index is 245. The van der Waals surface area contributed by atoms with Gasteiger partial charge in [-0.05, 0) is 33.6 Å². The summed E-state index contributed by atoms with van der Waals surface area (Å²) < 4.78 is 18.9. The van der Waals surface area contributed by atoms with Crippen LogP contribution in [0.15, 0.2) is 0 Å². The fourth-order valence-corrected chi connectivity index (χ4v) is 5.40. The molecule has 134 valence electrons. The number of unbranched alkanes of at least 4 members (excludes halogenated alkanes) is 3. The predicted octanol–water partition coefficient (Wildman–Crippen LogP) is 4.08. The van der Waals surface area contributed by atoms with Gasteiger partial charge in [0.25, 0.3) is 0 Å². The average Bonchev–Trinajstić information content (AvgIpc) is 2.44. The number of quaternary nitrogens is 1. The Balaban J connectivity index is 4.27. The van der Waals surface area contributed by atoms with E-state index >= 15 is 0 Å². The van der Waals surface area contributed by atoms with Crippen molar-refractivity contribution in [3.05, 3.63) is 0 Å². The number of nitrogens with zero attached hydrogens (tertiary/aromatic N) is 1. The fraction of sp³-hybridized carbons (Fsp3) is 1.00. The third kappa shape index (κ3) is 9.95. The van der Waals surface area contributed by atoms with Gasteiger partial charge >= 0.3 is 8.80 Å². The average molecular weight is 335 g/mol. The van der Waals surface area contributed by atoms with Gasteiger partial charge in [-0.3, -0.25) is 0 Å². The van der Waals surface area contributed by atoms with E-state index in [1.165, 1.54) is 32.2 Å². The number of rotatable bonds is 15. The Labute approximate surface area is 140 Å². The molecule has 0 aromatic rings. The first-order chi connectivity index (χ1) is 10.4. The first kappa shape index (κ1) is 22.1. The van der Waals surface area contributed by atoms with Crippen molar-refractivity contribution in [3.8, 4) is 0 Å². The maximum Gasteiger partial charge on any atom is 0.501 e. The third-order valence-electron chi connectivity index (χ3n) is 3.96. The SMILES string of the molecule is CCCCCC[N+](C)(C)CCC[Si](OCC)(OCC)OCC. The Hall–Kier alpha value is 0.0569. The second kappa shape index (κ2) is 12.5. The molecule has 0 bridgehead atoms. The molecule has 0 saturated carbocycles. The van der Waals surface area contributed by atoms with Crippen LogP contribution in [-0.4, -0.2) is 60.3 Å². The molecule has 0 unspecified atom stereocenters. The van der Waals surface area contributed by atoms with E-state index in [4.69, 9.17) is 13.3 Å². The van der Waals surface area contributed by atoms with Crippen LogP contribution in [0.2, 0.25) is 6.04 Å². The minimum absolute atomic E-state index is 0.668. The van der Waals surface area contributed by atoms with Crippen molar-refractivity contribution in [1.82, 2.24) is 0 Å². The van der Waals surface area contributed by atoms with Crippen molar-refractivity contribution in [3.63, 3.8) is 0 Å². The monoisotopic (exact) mass is 334 g/mol. The standard InChI is InChI=1S/C17H40NO3Si/c1-7-11-12-13-15-18(5,6)16-14-17-22(19-8-2,20-9-3)21-10-4/h7-17H2,1-6H3/q+1. The van der Waals surface area contributed by atoms with Gasteiger partial charge in [0.2, 0.25) is 0 Å². The summed E-state index contributed by atoms with van der Waals surface area (Å²) in [5.74, 6) is 0. The molecule has 0 aliphatic rings. The highest BCUT2D eigenvalue weighted by atomic mass is 28.4. The largest absolute Gasteiger partial charge is 0.501 e. The number of hydrogen-bond donors (Lipinski definition) is 0. The first-order valence-corrected chi connectivity index (χ1v) is 11.1. The molecule has 0 aromatic carbocycles. The molecule has 0 amide bonds. The summed E-state index contributed by atoms with van der Waals surface area (Å²) in [5.41, 5.74) is 0. The van der Waals surface area contributed by atoms with E-state index in [0.717, 1.165) is 23.5 Å². The van der Waals surface area contributed by atoms with Gasteiger partial charge in [0.05, 0.1) is 27.2 Å². The zero-order valence-electron chi connectivity index (χ0n) is 16.0. The van der Waals surface area contributed by atoms with Crippen LogP contribution in [-0.2, 0) is 13.3 Å². The molecule has 0 rings (SSSR count). The molecule has 0 atom stereocenters. The zero-order chi connectivity index (χ0) is 16.9. The molecule has 0 spiro atoms. The molecule has 0 aliphatic carbocycles. The lowest BCUT2D eigenvalue weighted by atomic mass is 10.2. The summed E-state index contributed by atoms with van der Waals surface area (Å²) in [6.45, 7) is 12.7. The second-order valence-electron chi connectivity index (χ2n) is 6.53. The summed E-state index contributed by atoms with van der Waals surface area (Å²) in [6, 6.07) is 0.930. The van der Waals surface area contributed by atoms with Gasteiger partial charge in [0, 0.05) is 32.3 Å². The van der Waals surface area contributed by atoms with E-state index in [-0.39, 0.29) is 0 Å². The molecule has 5 heteroatoms. The van der Waals surface area contributed by atoms with Crippen LogP contribution < -0.4 is 0 Å². The third-order valence-corrected chi connectivity index (χ3v) is 7.11. The van der Waals surface area contributed by atoms with Crippen LogP contribution >= 0.6 is 0 Å². The molecule has 0 N–H and O–H groups in total. The van der Waals surface area contributed by atoms with E-state index < -0.39 is 8.80 Å². The Morgan fingerprint density at radius 2 is 1.18 bits per heavy atom. The highest BCUT2D eigenvalue weighted by molar-refractivity contribution is 6.60. The maximum absolute atomic E-state index is 5.93. The zero-order valence-corrected chi connectivity index (χ0v) is 17.0. The minimum Gasteiger partial charge on any atom is -0.374 e. The van der Waals surface area contributed by atoms with Crippen LogP contribution in [0.25, 0.3) is 0 Å². The summed E-state index contributed by atoms with van der Waals surface area (Å²) in [6.07, 6.45) is 6.44. The summed E-state index contributed by atoms with van der Waals surface area (Å²) in [4.78, 5) is 0. The van der Waals surface area contributed by atoms with Gasteiger partial charge in [0.15, 0.2) is 0 Å². The van der Waals surface area contributed by atoms with Gasteiger partial charge in [-0.1, -0.05) is 19.8 Å². The highest BCUT2D eigenvalue weighted by Gasteiger charge is 2.40. The van der Waals surface area contributed by atoms with Crippen molar-refractivity contribution in [1.29, 1.82) is 0 Å². The van der Waals surface area contributed by atoms with Crippen LogP contribution in [0.4, 0.5) is 0 Å². The second-order valence-corrected chi connectivity index (χ2v) is 9.26. The van der Waals surface area contributed by atoms with E-state index in [0.29, 0.717) is 19.8 Å². The van der Waals surface area contributed by atoms with E-state index in [9.17, 15) is 0 Å². The van der Waals surface area contributed by atoms with E-state index in [1.807, 2.05) is 20.8 Å². The molecule has 0 fully saturated rings. The van der Waals surface area contributed by atoms with Crippen molar-refractivity contribution in [2.45, 2.75) is 65.8 Å². The lowest BCUT2D eigenvalue weighted by molar-refractivity contribution is -0.890. The highest BCUT2D eigenvalue weighted by Crippen LogP contribution is 2.19. The number of hydrogen-bond acceptors (Lipinski definition) is 3. The van der Waals surface area contributed by atoms with Crippen LogP contribution in [0.3, 0.4) is 0 Å². The minimum atomic E-state index is -2.45. The van der Waals surface area contributed by atoms with Gasteiger partial charge in [-0.25, -0.2) is 0 Å². The molecule has 0 aliphatic heterocycles. The Morgan fingerprint density at radius 1 is 0.682 bits per heavy atom. The summed E-state index contributed by atoms with van der Waals surface area (Å²) in [5, 5.41) is 0. The summed E-state index contributed by atoms with van der Waals surface area (Å²) in [7, 11) is 2.21. The molecule has 0 heterocycles. The van der Waals surface area contributed by atoms with Gasteiger partial charge in [0.1, 0.15) is 0 Å². The molecule has 22 heavy (non-hydrogen) atoms. The fourth-order valence-electron chi connectivity index (χ4n) is 2.80. The van der Waals surface area contributed by atoms with E-state index in [2.05, 4.69) is 21.0 Å². The lowest BCUT2D eigenvalue weighted by Gasteiger charge is -2.32.